The average molecular weight is 256 g/mol. The molecule has 0 aliphatic carbocycles. The summed E-state index contributed by atoms with van der Waals surface area (Å²) in [5.74, 6) is -0.478. The SMILES string of the molecule is O=C(O)c1cccc2nc(-c3ccco3)[nH]c(=O)c12. The van der Waals surface area contributed by atoms with Gasteiger partial charge >= 0.3 is 5.97 Å². The zero-order valence-corrected chi connectivity index (χ0v) is 9.58. The molecule has 0 bridgehead atoms. The van der Waals surface area contributed by atoms with Crippen molar-refractivity contribution in [3.63, 3.8) is 0 Å². The third-order valence-corrected chi connectivity index (χ3v) is 2.72. The zero-order valence-electron chi connectivity index (χ0n) is 9.58. The number of nitrogens with zero attached hydrogens (tertiary/aromatic N) is 1. The lowest BCUT2D eigenvalue weighted by Gasteiger charge is -2.03. The Kier molecular flexibility index (Phi) is 2.42. The minimum absolute atomic E-state index is 0.0605. The smallest absolute Gasteiger partial charge is 0.336 e. The van der Waals surface area contributed by atoms with Gasteiger partial charge in [-0.15, -0.1) is 0 Å². The predicted octanol–water partition coefficient (Wildman–Crippen LogP) is 1.88. The Labute approximate surface area is 106 Å². The molecule has 0 atom stereocenters. The molecule has 3 aromatic rings. The molecular formula is C13H8N2O4. The Morgan fingerprint density at radius 3 is 2.79 bits per heavy atom. The van der Waals surface area contributed by atoms with Crippen LogP contribution in [0.4, 0.5) is 0 Å². The fourth-order valence-corrected chi connectivity index (χ4v) is 1.90. The molecule has 0 radical (unpaired) electrons. The lowest BCUT2D eigenvalue weighted by Crippen LogP contribution is -2.13. The average Bonchev–Trinajstić information content (AvgIpc) is 2.91. The minimum atomic E-state index is -1.16. The summed E-state index contributed by atoms with van der Waals surface area (Å²) < 4.78 is 5.15. The number of benzene rings is 1. The maximum atomic E-state index is 12.0. The van der Waals surface area contributed by atoms with E-state index in [0.717, 1.165) is 0 Å². The quantitative estimate of drug-likeness (QED) is 0.729. The number of aromatic nitrogens is 2. The van der Waals surface area contributed by atoms with E-state index in [1.165, 1.54) is 12.3 Å². The first kappa shape index (κ1) is 11.2. The molecule has 0 aliphatic heterocycles. The third-order valence-electron chi connectivity index (χ3n) is 2.72. The van der Waals surface area contributed by atoms with Gasteiger partial charge in [0.2, 0.25) is 0 Å². The first-order valence-electron chi connectivity index (χ1n) is 5.47. The predicted molar refractivity (Wildman–Crippen MR) is 67.0 cm³/mol. The molecule has 0 aliphatic rings. The van der Waals surface area contributed by atoms with E-state index in [-0.39, 0.29) is 16.8 Å². The fraction of sp³-hybridized carbons (Fsp3) is 0. The van der Waals surface area contributed by atoms with E-state index in [1.54, 1.807) is 24.3 Å². The summed E-state index contributed by atoms with van der Waals surface area (Å²) in [5, 5.41) is 9.12. The van der Waals surface area contributed by atoms with Crippen LogP contribution in [0.3, 0.4) is 0 Å². The number of nitrogens with one attached hydrogen (secondary N) is 1. The fourth-order valence-electron chi connectivity index (χ4n) is 1.90. The molecule has 6 nitrogen and oxygen atoms in total. The molecule has 0 spiro atoms. The number of rotatable bonds is 2. The minimum Gasteiger partial charge on any atom is -0.478 e. The second-order valence-electron chi connectivity index (χ2n) is 3.90. The van der Waals surface area contributed by atoms with Gasteiger partial charge in [0.25, 0.3) is 5.56 Å². The van der Waals surface area contributed by atoms with Gasteiger partial charge < -0.3 is 14.5 Å². The molecule has 2 N–H and O–H groups in total. The summed E-state index contributed by atoms with van der Waals surface area (Å²) >= 11 is 0. The number of aromatic carboxylic acids is 1. The van der Waals surface area contributed by atoms with Gasteiger partial charge in [-0.2, -0.15) is 0 Å². The van der Waals surface area contributed by atoms with E-state index in [1.807, 2.05) is 0 Å². The Hall–Kier alpha value is -2.89. The number of carbonyl (C=O) groups is 1. The van der Waals surface area contributed by atoms with Crippen LogP contribution in [0.15, 0.2) is 45.8 Å². The van der Waals surface area contributed by atoms with Crippen LogP contribution in [-0.2, 0) is 0 Å². The number of furan rings is 1. The number of hydrogen-bond acceptors (Lipinski definition) is 4. The van der Waals surface area contributed by atoms with E-state index in [2.05, 4.69) is 9.97 Å². The highest BCUT2D eigenvalue weighted by Gasteiger charge is 2.14. The Morgan fingerprint density at radius 1 is 1.26 bits per heavy atom. The highest BCUT2D eigenvalue weighted by Crippen LogP contribution is 2.18. The number of carboxylic acids is 1. The maximum Gasteiger partial charge on any atom is 0.336 e. The van der Waals surface area contributed by atoms with Crippen LogP contribution in [0.2, 0.25) is 0 Å². The summed E-state index contributed by atoms with van der Waals surface area (Å²) in [6.07, 6.45) is 1.47. The van der Waals surface area contributed by atoms with E-state index >= 15 is 0 Å². The summed E-state index contributed by atoms with van der Waals surface area (Å²) in [6.45, 7) is 0. The van der Waals surface area contributed by atoms with Crippen molar-refractivity contribution in [2.24, 2.45) is 0 Å². The molecule has 0 saturated heterocycles. The molecule has 19 heavy (non-hydrogen) atoms. The molecule has 0 fully saturated rings. The summed E-state index contributed by atoms with van der Waals surface area (Å²) in [5.41, 5.74) is -0.262. The first-order chi connectivity index (χ1) is 9.16. The molecule has 3 rings (SSSR count). The Balaban J connectivity index is 2.35. The van der Waals surface area contributed by atoms with Gasteiger partial charge in [0.05, 0.1) is 22.7 Å². The largest absolute Gasteiger partial charge is 0.478 e. The van der Waals surface area contributed by atoms with Crippen molar-refractivity contribution in [1.29, 1.82) is 0 Å². The van der Waals surface area contributed by atoms with Crippen LogP contribution in [0.5, 0.6) is 0 Å². The van der Waals surface area contributed by atoms with Gasteiger partial charge in [-0.3, -0.25) is 4.79 Å². The van der Waals surface area contributed by atoms with Crippen molar-refractivity contribution in [3.05, 3.63) is 52.5 Å². The van der Waals surface area contributed by atoms with Gasteiger partial charge in [-0.25, -0.2) is 9.78 Å². The normalized spacial score (nSPS) is 10.7. The van der Waals surface area contributed by atoms with Gasteiger partial charge in [-0.05, 0) is 24.3 Å². The molecule has 1 aromatic carbocycles. The molecular weight excluding hydrogens is 248 g/mol. The van der Waals surface area contributed by atoms with Crippen molar-refractivity contribution >= 4 is 16.9 Å². The summed E-state index contributed by atoms with van der Waals surface area (Å²) in [6, 6.07) is 7.83. The Morgan fingerprint density at radius 2 is 2.11 bits per heavy atom. The highest BCUT2D eigenvalue weighted by atomic mass is 16.4. The van der Waals surface area contributed by atoms with Gasteiger partial charge in [0, 0.05) is 0 Å². The van der Waals surface area contributed by atoms with E-state index < -0.39 is 11.5 Å². The topological polar surface area (TPSA) is 96.2 Å². The van der Waals surface area contributed by atoms with Crippen molar-refractivity contribution in [3.8, 4) is 11.6 Å². The lowest BCUT2D eigenvalue weighted by molar-refractivity contribution is 0.0699. The van der Waals surface area contributed by atoms with E-state index in [0.29, 0.717) is 11.3 Å². The first-order valence-corrected chi connectivity index (χ1v) is 5.47. The Bertz CT molecular complexity index is 818. The van der Waals surface area contributed by atoms with Crippen LogP contribution in [0.1, 0.15) is 10.4 Å². The van der Waals surface area contributed by atoms with E-state index in [4.69, 9.17) is 9.52 Å². The number of hydrogen-bond donors (Lipinski definition) is 2. The van der Waals surface area contributed by atoms with Gasteiger partial charge in [-0.1, -0.05) is 6.07 Å². The van der Waals surface area contributed by atoms with E-state index in [9.17, 15) is 9.59 Å². The number of carboxylic acid groups (broad SMARTS) is 1. The van der Waals surface area contributed by atoms with Crippen LogP contribution < -0.4 is 5.56 Å². The highest BCUT2D eigenvalue weighted by molar-refractivity contribution is 6.02. The molecule has 0 amide bonds. The second-order valence-corrected chi connectivity index (χ2v) is 3.90. The van der Waals surface area contributed by atoms with Gasteiger partial charge in [0.15, 0.2) is 11.6 Å². The van der Waals surface area contributed by atoms with Crippen LogP contribution in [-0.4, -0.2) is 21.0 Å². The number of H-pyrrole nitrogens is 1. The zero-order chi connectivity index (χ0) is 13.4. The van der Waals surface area contributed by atoms with Crippen LogP contribution in [0.25, 0.3) is 22.5 Å². The maximum absolute atomic E-state index is 12.0. The lowest BCUT2D eigenvalue weighted by atomic mass is 10.1. The second kappa shape index (κ2) is 4.09. The van der Waals surface area contributed by atoms with Crippen LogP contribution >= 0.6 is 0 Å². The summed E-state index contributed by atoms with van der Waals surface area (Å²) in [4.78, 5) is 29.8. The van der Waals surface area contributed by atoms with Gasteiger partial charge in [0.1, 0.15) is 0 Å². The summed E-state index contributed by atoms with van der Waals surface area (Å²) in [7, 11) is 0. The van der Waals surface area contributed by atoms with Crippen molar-refractivity contribution < 1.29 is 14.3 Å². The van der Waals surface area contributed by atoms with Crippen molar-refractivity contribution in [1.82, 2.24) is 9.97 Å². The van der Waals surface area contributed by atoms with Crippen molar-refractivity contribution in [2.45, 2.75) is 0 Å². The standard InChI is InChI=1S/C13H8N2O4/c16-12-10-7(13(17)18)3-1-4-8(10)14-11(15-12)9-5-2-6-19-9/h1-6H,(H,17,18)(H,14,15,16). The van der Waals surface area contributed by atoms with Crippen LogP contribution in [0, 0.1) is 0 Å². The molecule has 0 unspecified atom stereocenters. The molecule has 6 heteroatoms. The third kappa shape index (κ3) is 1.79. The molecule has 0 saturated carbocycles. The van der Waals surface area contributed by atoms with Crippen molar-refractivity contribution in [2.75, 3.05) is 0 Å². The molecule has 2 aromatic heterocycles. The molecule has 94 valence electrons. The number of fused-ring (bicyclic) bond motifs is 1. The monoisotopic (exact) mass is 256 g/mol. The molecule has 2 heterocycles. The number of aromatic amines is 1.